The molecule has 4 rings (SSSR count). The summed E-state index contributed by atoms with van der Waals surface area (Å²) in [6.07, 6.45) is -0.212. The van der Waals surface area contributed by atoms with Gasteiger partial charge in [0.05, 0.1) is 70.5 Å². The Morgan fingerprint density at radius 2 is 1.56 bits per heavy atom. The number of benzene rings is 2. The first-order valence-electron chi connectivity index (χ1n) is 10.7. The molecule has 2 aliphatic heterocycles. The van der Waals surface area contributed by atoms with Crippen LogP contribution in [0.1, 0.15) is 0 Å². The van der Waals surface area contributed by atoms with Crippen molar-refractivity contribution >= 4 is 57.3 Å². The van der Waals surface area contributed by atoms with Gasteiger partial charge < -0.3 is 41.0 Å². The molecule has 0 radical (unpaired) electrons. The molecule has 0 bridgehead atoms. The molecular formula is C22H30Cl2N6O2. The van der Waals surface area contributed by atoms with Crippen LogP contribution in [0.3, 0.4) is 0 Å². The predicted octanol–water partition coefficient (Wildman–Crippen LogP) is 3.34. The van der Waals surface area contributed by atoms with E-state index in [4.69, 9.17) is 44.1 Å². The lowest BCUT2D eigenvalue weighted by Gasteiger charge is -2.40. The predicted molar refractivity (Wildman–Crippen MR) is 135 cm³/mol. The second-order valence-electron chi connectivity index (χ2n) is 7.99. The van der Waals surface area contributed by atoms with E-state index >= 15 is 0 Å². The van der Waals surface area contributed by atoms with Crippen LogP contribution < -0.4 is 31.5 Å². The molecule has 0 spiro atoms. The largest absolute Gasteiger partial charge is 0.397 e. The topological polar surface area (TPSA) is 92.2 Å². The highest BCUT2D eigenvalue weighted by atomic mass is 35.5. The van der Waals surface area contributed by atoms with Gasteiger partial charge in [0.15, 0.2) is 0 Å². The van der Waals surface area contributed by atoms with E-state index in [1.165, 1.54) is 0 Å². The van der Waals surface area contributed by atoms with E-state index in [1.807, 2.05) is 32.3 Å². The summed E-state index contributed by atoms with van der Waals surface area (Å²) in [4.78, 5) is 6.50. The number of nitrogens with zero attached hydrogens (tertiary/aromatic N) is 3. The van der Waals surface area contributed by atoms with Gasteiger partial charge in [-0.15, -0.1) is 0 Å². The molecule has 0 aromatic heterocycles. The zero-order valence-electron chi connectivity index (χ0n) is 18.4. The summed E-state index contributed by atoms with van der Waals surface area (Å²) in [6.45, 7) is 4.87. The molecule has 5 N–H and O–H groups in total. The molecule has 2 heterocycles. The first kappa shape index (κ1) is 22.9. The number of halogens is 2. The van der Waals surface area contributed by atoms with Crippen LogP contribution in [0.25, 0.3) is 0 Å². The van der Waals surface area contributed by atoms with Gasteiger partial charge in [0.25, 0.3) is 0 Å². The molecule has 2 aliphatic rings. The van der Waals surface area contributed by atoms with Crippen LogP contribution in [-0.4, -0.2) is 66.3 Å². The summed E-state index contributed by atoms with van der Waals surface area (Å²) in [5.41, 5.74) is 17.3. The van der Waals surface area contributed by atoms with Crippen molar-refractivity contribution in [3.63, 3.8) is 0 Å². The number of nitrogens with two attached hydrogens (primary N) is 2. The molecular weight excluding hydrogens is 451 g/mol. The van der Waals surface area contributed by atoms with Crippen LogP contribution in [0.15, 0.2) is 24.3 Å². The minimum atomic E-state index is -0.212. The smallest absolute Gasteiger partial charge is 0.147 e. The maximum Gasteiger partial charge on any atom is 0.147 e. The SMILES string of the molecule is CNc1cc(N2CCOC(N(C)c3cc(N4CCOCC4)c(Cl)cc3N)C2)c(Cl)cc1N. The molecule has 2 saturated heterocycles. The molecule has 1 atom stereocenters. The fourth-order valence-electron chi connectivity index (χ4n) is 4.19. The molecule has 1 unspecified atom stereocenters. The average molecular weight is 481 g/mol. The fraction of sp³-hybridized carbons (Fsp3) is 0.455. The number of hydrogen-bond donors (Lipinski definition) is 3. The molecule has 32 heavy (non-hydrogen) atoms. The van der Waals surface area contributed by atoms with Crippen molar-refractivity contribution in [2.24, 2.45) is 0 Å². The van der Waals surface area contributed by atoms with Gasteiger partial charge in [-0.1, -0.05) is 23.2 Å². The van der Waals surface area contributed by atoms with Gasteiger partial charge >= 0.3 is 0 Å². The van der Waals surface area contributed by atoms with Gasteiger partial charge in [0.1, 0.15) is 6.23 Å². The number of morpholine rings is 2. The molecule has 2 fully saturated rings. The van der Waals surface area contributed by atoms with Crippen molar-refractivity contribution < 1.29 is 9.47 Å². The number of hydrogen-bond acceptors (Lipinski definition) is 8. The van der Waals surface area contributed by atoms with E-state index in [9.17, 15) is 0 Å². The number of anilines is 6. The molecule has 8 nitrogen and oxygen atoms in total. The highest BCUT2D eigenvalue weighted by Gasteiger charge is 2.28. The Labute approximate surface area is 198 Å². The fourth-order valence-corrected chi connectivity index (χ4v) is 4.78. The Morgan fingerprint density at radius 1 is 0.938 bits per heavy atom. The Morgan fingerprint density at radius 3 is 2.25 bits per heavy atom. The van der Waals surface area contributed by atoms with E-state index < -0.39 is 0 Å². The van der Waals surface area contributed by atoms with Gasteiger partial charge in [-0.3, -0.25) is 0 Å². The van der Waals surface area contributed by atoms with Crippen molar-refractivity contribution in [1.82, 2.24) is 0 Å². The maximum atomic E-state index is 6.54. The minimum Gasteiger partial charge on any atom is -0.397 e. The summed E-state index contributed by atoms with van der Waals surface area (Å²) in [5.74, 6) is 0. The normalized spacial score (nSPS) is 19.2. The highest BCUT2D eigenvalue weighted by Crippen LogP contribution is 2.38. The third kappa shape index (κ3) is 4.59. The number of likely N-dealkylation sites (N-methyl/N-ethyl adjacent to an activating group) is 1. The van der Waals surface area contributed by atoms with E-state index in [-0.39, 0.29) is 6.23 Å². The van der Waals surface area contributed by atoms with Gasteiger partial charge in [0.2, 0.25) is 0 Å². The van der Waals surface area contributed by atoms with Crippen molar-refractivity contribution in [3.05, 3.63) is 34.3 Å². The van der Waals surface area contributed by atoms with Crippen LogP contribution in [0.4, 0.5) is 34.1 Å². The van der Waals surface area contributed by atoms with Crippen LogP contribution in [-0.2, 0) is 9.47 Å². The second-order valence-corrected chi connectivity index (χ2v) is 8.80. The summed E-state index contributed by atoms with van der Waals surface area (Å²) in [7, 11) is 3.83. The van der Waals surface area contributed by atoms with E-state index in [0.29, 0.717) is 47.8 Å². The van der Waals surface area contributed by atoms with Crippen molar-refractivity contribution in [2.45, 2.75) is 6.23 Å². The summed E-state index contributed by atoms with van der Waals surface area (Å²) in [6, 6.07) is 7.62. The second kappa shape index (κ2) is 9.70. The van der Waals surface area contributed by atoms with Gasteiger partial charge in [-0.25, -0.2) is 0 Å². The molecule has 0 saturated carbocycles. The number of nitrogens with one attached hydrogen (secondary N) is 1. The number of nitrogen functional groups attached to an aromatic ring is 2. The molecule has 0 amide bonds. The number of ether oxygens (including phenoxy) is 2. The minimum absolute atomic E-state index is 0.212. The van der Waals surface area contributed by atoms with Gasteiger partial charge in [0, 0.05) is 33.7 Å². The summed E-state index contributed by atoms with van der Waals surface area (Å²) >= 11 is 13.1. The lowest BCUT2D eigenvalue weighted by atomic mass is 10.1. The lowest BCUT2D eigenvalue weighted by Crippen LogP contribution is -2.50. The number of rotatable bonds is 5. The van der Waals surface area contributed by atoms with Gasteiger partial charge in [-0.2, -0.15) is 0 Å². The summed E-state index contributed by atoms with van der Waals surface area (Å²) in [5, 5.41) is 4.37. The van der Waals surface area contributed by atoms with E-state index in [0.717, 1.165) is 42.4 Å². The lowest BCUT2D eigenvalue weighted by molar-refractivity contribution is 0.0417. The first-order chi connectivity index (χ1) is 15.4. The highest BCUT2D eigenvalue weighted by molar-refractivity contribution is 6.34. The maximum absolute atomic E-state index is 6.54. The molecule has 0 aliphatic carbocycles. The van der Waals surface area contributed by atoms with Crippen LogP contribution in [0.5, 0.6) is 0 Å². The van der Waals surface area contributed by atoms with Crippen molar-refractivity contribution in [2.75, 3.05) is 91.6 Å². The zero-order valence-corrected chi connectivity index (χ0v) is 19.9. The molecule has 2 aromatic rings. The monoisotopic (exact) mass is 480 g/mol. The Kier molecular flexibility index (Phi) is 6.95. The van der Waals surface area contributed by atoms with Crippen molar-refractivity contribution in [3.8, 4) is 0 Å². The molecule has 174 valence electrons. The van der Waals surface area contributed by atoms with Crippen LogP contribution in [0.2, 0.25) is 10.0 Å². The Balaban J connectivity index is 1.58. The zero-order chi connectivity index (χ0) is 22.8. The third-order valence-electron chi connectivity index (χ3n) is 6.04. The molecule has 2 aromatic carbocycles. The Hall–Kier alpha value is -2.26. The first-order valence-corrected chi connectivity index (χ1v) is 11.4. The summed E-state index contributed by atoms with van der Waals surface area (Å²) < 4.78 is 11.6. The average Bonchev–Trinajstić information content (AvgIpc) is 2.79. The van der Waals surface area contributed by atoms with E-state index in [1.54, 1.807) is 6.07 Å². The molecule has 10 heteroatoms. The standard InChI is InChI=1S/C22H30Cl2N6O2/c1-27-18-11-19(14(23)9-16(18)25)30-5-8-32-22(13-30)28(2)21-12-20(15(24)10-17(21)26)29-3-6-31-7-4-29/h9-12,22,27H,3-8,13,25-26H2,1-2H3. The quantitative estimate of drug-likeness (QED) is 0.561. The van der Waals surface area contributed by atoms with Crippen LogP contribution in [0, 0.1) is 0 Å². The van der Waals surface area contributed by atoms with E-state index in [2.05, 4.69) is 20.0 Å². The van der Waals surface area contributed by atoms with Gasteiger partial charge in [-0.05, 0) is 24.3 Å². The third-order valence-corrected chi connectivity index (χ3v) is 6.64. The Bertz CT molecular complexity index is 970. The van der Waals surface area contributed by atoms with Crippen LogP contribution >= 0.6 is 23.2 Å². The van der Waals surface area contributed by atoms with Crippen molar-refractivity contribution in [1.29, 1.82) is 0 Å².